The molecule has 148 valence electrons. The number of hydrogen-bond acceptors (Lipinski definition) is 4. The van der Waals surface area contributed by atoms with Gasteiger partial charge in [0.15, 0.2) is 0 Å². The number of benzene rings is 1. The van der Waals surface area contributed by atoms with E-state index < -0.39 is 6.29 Å². The van der Waals surface area contributed by atoms with Crippen LogP contribution in [-0.2, 0) is 14.3 Å². The van der Waals surface area contributed by atoms with Crippen LogP contribution in [0.4, 0.5) is 4.79 Å². The van der Waals surface area contributed by atoms with Gasteiger partial charge in [-0.1, -0.05) is 37.3 Å². The maximum atomic E-state index is 12.9. The van der Waals surface area contributed by atoms with E-state index in [1.807, 2.05) is 24.8 Å². The summed E-state index contributed by atoms with van der Waals surface area (Å²) in [6.07, 6.45) is 3.38. The highest BCUT2D eigenvalue weighted by atomic mass is 16.7. The fourth-order valence-electron chi connectivity index (χ4n) is 5.00. The van der Waals surface area contributed by atoms with Crippen LogP contribution < -0.4 is 0 Å². The maximum Gasteiger partial charge on any atom is 0.413 e. The van der Waals surface area contributed by atoms with Crippen molar-refractivity contribution in [2.75, 3.05) is 6.54 Å². The van der Waals surface area contributed by atoms with E-state index in [1.165, 1.54) is 24.8 Å². The number of fused-ring (bicyclic) bond motifs is 2. The molecule has 27 heavy (non-hydrogen) atoms. The van der Waals surface area contributed by atoms with Crippen molar-refractivity contribution < 1.29 is 19.1 Å². The number of carbonyl (C=O) groups excluding carboxylic acids is 2. The van der Waals surface area contributed by atoms with Gasteiger partial charge in [-0.05, 0) is 50.0 Å². The van der Waals surface area contributed by atoms with E-state index in [2.05, 4.69) is 24.3 Å². The van der Waals surface area contributed by atoms with Gasteiger partial charge in [-0.2, -0.15) is 0 Å². The van der Waals surface area contributed by atoms with Gasteiger partial charge in [0.25, 0.3) is 0 Å². The largest absolute Gasteiger partial charge is 0.425 e. The van der Waals surface area contributed by atoms with Crippen LogP contribution in [0.15, 0.2) is 30.3 Å². The summed E-state index contributed by atoms with van der Waals surface area (Å²) in [5.41, 5.74) is 1.31. The number of amides is 1. The van der Waals surface area contributed by atoms with Crippen LogP contribution in [0.2, 0.25) is 0 Å². The lowest BCUT2D eigenvalue weighted by atomic mass is 9.79. The van der Waals surface area contributed by atoms with E-state index in [-0.39, 0.29) is 18.1 Å². The second-order valence-electron chi connectivity index (χ2n) is 7.74. The Morgan fingerprint density at radius 2 is 1.81 bits per heavy atom. The third-order valence-electron chi connectivity index (χ3n) is 6.01. The quantitative estimate of drug-likeness (QED) is 0.513. The molecule has 5 nitrogen and oxygen atoms in total. The second kappa shape index (κ2) is 8.77. The summed E-state index contributed by atoms with van der Waals surface area (Å²) < 4.78 is 10.7. The van der Waals surface area contributed by atoms with Crippen LogP contribution in [0.5, 0.6) is 0 Å². The molecule has 0 N–H and O–H groups in total. The number of likely N-dealkylation sites (N-methyl/N-ethyl adjacent to an activating group) is 1. The molecule has 3 rings (SSSR count). The normalized spacial score (nSPS) is 27.2. The first-order valence-corrected chi connectivity index (χ1v) is 10.3. The smallest absolute Gasteiger partial charge is 0.413 e. The molecular formula is C22H31NO4. The molecule has 1 aromatic rings. The molecule has 2 fully saturated rings. The molecule has 1 amide bonds. The molecule has 0 spiro atoms. The minimum absolute atomic E-state index is 0.155. The van der Waals surface area contributed by atoms with Crippen LogP contribution in [0.3, 0.4) is 0 Å². The topological polar surface area (TPSA) is 55.8 Å². The Bertz CT molecular complexity index is 647. The molecule has 0 heterocycles. The molecule has 2 aliphatic rings. The first-order valence-electron chi connectivity index (χ1n) is 10.3. The van der Waals surface area contributed by atoms with Crippen molar-refractivity contribution in [3.8, 4) is 0 Å². The Kier molecular flexibility index (Phi) is 6.40. The average molecular weight is 373 g/mol. The van der Waals surface area contributed by atoms with Crippen molar-refractivity contribution in [1.82, 2.24) is 4.90 Å². The summed E-state index contributed by atoms with van der Waals surface area (Å²) >= 11 is 0. The van der Waals surface area contributed by atoms with Gasteiger partial charge in [0.1, 0.15) is 0 Å². The predicted octanol–water partition coefficient (Wildman–Crippen LogP) is 4.72. The zero-order chi connectivity index (χ0) is 19.4. The molecule has 0 radical (unpaired) electrons. The van der Waals surface area contributed by atoms with E-state index in [0.29, 0.717) is 37.1 Å². The highest BCUT2D eigenvalue weighted by Gasteiger charge is 2.51. The monoisotopic (exact) mass is 373 g/mol. The molecule has 2 aliphatic carbocycles. The van der Waals surface area contributed by atoms with Gasteiger partial charge in [-0.25, -0.2) is 4.79 Å². The highest BCUT2D eigenvalue weighted by molar-refractivity contribution is 5.71. The average Bonchev–Trinajstić information content (AvgIpc) is 3.25. The zero-order valence-corrected chi connectivity index (χ0v) is 16.6. The van der Waals surface area contributed by atoms with Gasteiger partial charge >= 0.3 is 12.1 Å². The number of rotatable bonds is 7. The van der Waals surface area contributed by atoms with Gasteiger partial charge in [-0.3, -0.25) is 4.79 Å². The highest BCUT2D eigenvalue weighted by Crippen LogP contribution is 2.54. The van der Waals surface area contributed by atoms with E-state index in [4.69, 9.17) is 9.47 Å². The fourth-order valence-corrected chi connectivity index (χ4v) is 5.00. The minimum atomic E-state index is -0.862. The Labute approximate surface area is 162 Å². The number of esters is 1. The zero-order valence-electron chi connectivity index (χ0n) is 16.6. The molecule has 5 heteroatoms. The van der Waals surface area contributed by atoms with E-state index in [9.17, 15) is 9.59 Å². The van der Waals surface area contributed by atoms with Crippen LogP contribution >= 0.6 is 0 Å². The summed E-state index contributed by atoms with van der Waals surface area (Å²) in [7, 11) is 0. The van der Waals surface area contributed by atoms with Crippen molar-refractivity contribution in [2.24, 2.45) is 11.8 Å². The van der Waals surface area contributed by atoms with Gasteiger partial charge in [0.2, 0.25) is 6.29 Å². The molecule has 1 aromatic carbocycles. The van der Waals surface area contributed by atoms with Crippen molar-refractivity contribution in [3.05, 3.63) is 35.9 Å². The SMILES string of the molecule is CCCC(=O)OC(C)OC(=O)N(CC)C1C2CCC(C2)C1c1ccccc1. The molecule has 0 aliphatic heterocycles. The molecule has 2 bridgehead atoms. The summed E-state index contributed by atoms with van der Waals surface area (Å²) in [5, 5.41) is 0. The van der Waals surface area contributed by atoms with Crippen molar-refractivity contribution >= 4 is 12.1 Å². The number of carbonyl (C=O) groups is 2. The molecular weight excluding hydrogens is 342 g/mol. The Hall–Kier alpha value is -2.04. The molecule has 0 saturated heterocycles. The van der Waals surface area contributed by atoms with Crippen LogP contribution in [0, 0.1) is 11.8 Å². The number of ether oxygens (including phenoxy) is 2. The van der Waals surface area contributed by atoms with Crippen molar-refractivity contribution in [2.45, 2.75) is 71.1 Å². The third kappa shape index (κ3) is 4.28. The maximum absolute atomic E-state index is 12.9. The lowest BCUT2D eigenvalue weighted by molar-refractivity contribution is -0.166. The summed E-state index contributed by atoms with van der Waals surface area (Å²) in [5.74, 6) is 1.17. The van der Waals surface area contributed by atoms with Crippen LogP contribution in [0.25, 0.3) is 0 Å². The van der Waals surface area contributed by atoms with Gasteiger partial charge in [-0.15, -0.1) is 0 Å². The number of nitrogens with zero attached hydrogens (tertiary/aromatic N) is 1. The first kappa shape index (κ1) is 19.7. The molecule has 2 saturated carbocycles. The van der Waals surface area contributed by atoms with Crippen LogP contribution in [0.1, 0.15) is 64.4 Å². The Morgan fingerprint density at radius 1 is 1.11 bits per heavy atom. The van der Waals surface area contributed by atoms with Crippen molar-refractivity contribution in [1.29, 1.82) is 0 Å². The minimum Gasteiger partial charge on any atom is -0.425 e. The van der Waals surface area contributed by atoms with E-state index >= 15 is 0 Å². The van der Waals surface area contributed by atoms with Gasteiger partial charge < -0.3 is 14.4 Å². The lowest BCUT2D eigenvalue weighted by Gasteiger charge is -2.39. The fraction of sp³-hybridized carbons (Fsp3) is 0.636. The third-order valence-corrected chi connectivity index (χ3v) is 6.01. The predicted molar refractivity (Wildman–Crippen MR) is 103 cm³/mol. The van der Waals surface area contributed by atoms with Crippen molar-refractivity contribution in [3.63, 3.8) is 0 Å². The summed E-state index contributed by atoms with van der Waals surface area (Å²) in [6.45, 7) is 6.10. The van der Waals surface area contributed by atoms with Crippen LogP contribution in [-0.4, -0.2) is 35.8 Å². The summed E-state index contributed by atoms with van der Waals surface area (Å²) in [4.78, 5) is 26.4. The lowest BCUT2D eigenvalue weighted by Crippen LogP contribution is -2.47. The Balaban J connectivity index is 1.71. The second-order valence-corrected chi connectivity index (χ2v) is 7.74. The first-order chi connectivity index (χ1) is 13.0. The Morgan fingerprint density at radius 3 is 2.48 bits per heavy atom. The van der Waals surface area contributed by atoms with Gasteiger partial charge in [0.05, 0.1) is 0 Å². The molecule has 5 unspecified atom stereocenters. The molecule has 0 aromatic heterocycles. The van der Waals surface area contributed by atoms with E-state index in [1.54, 1.807) is 6.92 Å². The molecule has 5 atom stereocenters. The summed E-state index contributed by atoms with van der Waals surface area (Å²) in [6, 6.07) is 10.7. The standard InChI is InChI=1S/C22H31NO4/c1-4-9-19(24)26-15(3)27-22(25)23(5-2)21-18-13-12-17(14-18)20(21)16-10-7-6-8-11-16/h6-8,10-11,15,17-18,20-21H,4-5,9,12-14H2,1-3H3. The number of hydrogen-bond donors (Lipinski definition) is 0. The van der Waals surface area contributed by atoms with Gasteiger partial charge in [0, 0.05) is 31.8 Å². The van der Waals surface area contributed by atoms with E-state index in [0.717, 1.165) is 0 Å².